The molecule has 0 saturated carbocycles. The Bertz CT molecular complexity index is 428. The molecular formula is C12H13FN2O2. The van der Waals surface area contributed by atoms with Crippen LogP contribution in [0.1, 0.15) is 5.69 Å². The highest BCUT2D eigenvalue weighted by molar-refractivity contribution is 5.21. The molecule has 2 aromatic rings. The summed E-state index contributed by atoms with van der Waals surface area (Å²) in [6, 6.07) is 7.75. The van der Waals surface area contributed by atoms with Gasteiger partial charge in [0.05, 0.1) is 5.69 Å². The zero-order valence-corrected chi connectivity index (χ0v) is 9.23. The van der Waals surface area contributed by atoms with Crippen LogP contribution in [0.4, 0.5) is 4.39 Å². The minimum absolute atomic E-state index is 0.262. The minimum Gasteiger partial charge on any atom is -0.492 e. The Morgan fingerprint density at radius 1 is 1.24 bits per heavy atom. The average molecular weight is 236 g/mol. The van der Waals surface area contributed by atoms with Gasteiger partial charge in [-0.3, -0.25) is 0 Å². The van der Waals surface area contributed by atoms with Crippen molar-refractivity contribution in [3.05, 3.63) is 48.1 Å². The molecule has 0 bridgehead atoms. The van der Waals surface area contributed by atoms with Gasteiger partial charge in [-0.25, -0.2) is 4.39 Å². The summed E-state index contributed by atoms with van der Waals surface area (Å²) in [5, 5.41) is 6.91. The van der Waals surface area contributed by atoms with E-state index in [0.29, 0.717) is 25.4 Å². The summed E-state index contributed by atoms with van der Waals surface area (Å²) in [4.78, 5) is 0. The quantitative estimate of drug-likeness (QED) is 0.779. The molecule has 0 amide bonds. The van der Waals surface area contributed by atoms with Gasteiger partial charge < -0.3 is 14.6 Å². The smallest absolute Gasteiger partial charge is 0.124 e. The highest BCUT2D eigenvalue weighted by Gasteiger charge is 1.96. The molecule has 5 heteroatoms. The van der Waals surface area contributed by atoms with Crippen LogP contribution in [-0.4, -0.2) is 18.3 Å². The first-order chi connectivity index (χ1) is 8.34. The van der Waals surface area contributed by atoms with Gasteiger partial charge in [0.15, 0.2) is 0 Å². The Hall–Kier alpha value is -1.88. The third-order valence-electron chi connectivity index (χ3n) is 2.16. The van der Waals surface area contributed by atoms with E-state index >= 15 is 0 Å². The van der Waals surface area contributed by atoms with Crippen LogP contribution in [0.25, 0.3) is 0 Å². The van der Waals surface area contributed by atoms with E-state index in [2.05, 4.69) is 10.5 Å². The van der Waals surface area contributed by atoms with Crippen molar-refractivity contribution in [2.75, 3.05) is 13.2 Å². The minimum atomic E-state index is -0.262. The first kappa shape index (κ1) is 11.6. The molecule has 17 heavy (non-hydrogen) atoms. The van der Waals surface area contributed by atoms with Crippen LogP contribution < -0.4 is 10.1 Å². The van der Waals surface area contributed by atoms with Gasteiger partial charge in [-0.2, -0.15) is 0 Å². The van der Waals surface area contributed by atoms with Gasteiger partial charge in [0.1, 0.15) is 24.4 Å². The summed E-state index contributed by atoms with van der Waals surface area (Å²) in [7, 11) is 0. The van der Waals surface area contributed by atoms with Crippen LogP contribution in [0.15, 0.2) is 41.1 Å². The Morgan fingerprint density at radius 3 is 2.76 bits per heavy atom. The van der Waals surface area contributed by atoms with E-state index in [0.717, 1.165) is 5.69 Å². The largest absolute Gasteiger partial charge is 0.492 e. The normalized spacial score (nSPS) is 10.4. The fraction of sp³-hybridized carbons (Fsp3) is 0.250. The number of hydrogen-bond donors (Lipinski definition) is 1. The van der Waals surface area contributed by atoms with Crippen molar-refractivity contribution < 1.29 is 13.7 Å². The number of ether oxygens (including phenoxy) is 1. The zero-order chi connectivity index (χ0) is 11.9. The number of nitrogens with one attached hydrogen (secondary N) is 1. The Kier molecular flexibility index (Phi) is 4.10. The first-order valence-electron chi connectivity index (χ1n) is 5.33. The van der Waals surface area contributed by atoms with Crippen molar-refractivity contribution >= 4 is 0 Å². The molecule has 0 spiro atoms. The number of aromatic nitrogens is 1. The highest BCUT2D eigenvalue weighted by Crippen LogP contribution is 2.10. The van der Waals surface area contributed by atoms with Gasteiger partial charge in [0.25, 0.3) is 0 Å². The van der Waals surface area contributed by atoms with Gasteiger partial charge >= 0.3 is 0 Å². The van der Waals surface area contributed by atoms with E-state index in [1.165, 1.54) is 18.4 Å². The predicted molar refractivity (Wildman–Crippen MR) is 60.1 cm³/mol. The molecule has 2 rings (SSSR count). The van der Waals surface area contributed by atoms with E-state index in [4.69, 9.17) is 9.26 Å². The van der Waals surface area contributed by atoms with Crippen molar-refractivity contribution in [1.82, 2.24) is 10.5 Å². The standard InChI is InChI=1S/C12H13FN2O2/c13-10-1-3-12(4-2-10)16-8-6-14-9-11-5-7-17-15-11/h1-5,7,14H,6,8-9H2. The fourth-order valence-corrected chi connectivity index (χ4v) is 1.32. The van der Waals surface area contributed by atoms with E-state index in [-0.39, 0.29) is 5.82 Å². The average Bonchev–Trinajstić information content (AvgIpc) is 2.84. The lowest BCUT2D eigenvalue weighted by atomic mass is 10.3. The molecule has 0 fully saturated rings. The molecule has 0 aliphatic rings. The van der Waals surface area contributed by atoms with Crippen molar-refractivity contribution in [3.8, 4) is 5.75 Å². The number of halogens is 1. The van der Waals surface area contributed by atoms with Crippen LogP contribution >= 0.6 is 0 Å². The maximum atomic E-state index is 12.6. The fourth-order valence-electron chi connectivity index (χ4n) is 1.32. The second-order valence-corrected chi connectivity index (χ2v) is 3.47. The molecule has 0 radical (unpaired) electrons. The van der Waals surface area contributed by atoms with E-state index in [1.807, 2.05) is 0 Å². The lowest BCUT2D eigenvalue weighted by molar-refractivity contribution is 0.312. The summed E-state index contributed by atoms with van der Waals surface area (Å²) in [5.41, 5.74) is 0.854. The highest BCUT2D eigenvalue weighted by atomic mass is 19.1. The van der Waals surface area contributed by atoms with Crippen LogP contribution in [0.2, 0.25) is 0 Å². The van der Waals surface area contributed by atoms with E-state index in [9.17, 15) is 4.39 Å². The molecule has 0 atom stereocenters. The summed E-state index contributed by atoms with van der Waals surface area (Å²) in [6.07, 6.45) is 1.53. The Morgan fingerprint density at radius 2 is 2.06 bits per heavy atom. The van der Waals surface area contributed by atoms with Gasteiger partial charge in [-0.15, -0.1) is 0 Å². The second kappa shape index (κ2) is 6.00. The molecular weight excluding hydrogens is 223 g/mol. The van der Waals surface area contributed by atoms with E-state index in [1.54, 1.807) is 18.2 Å². The molecule has 0 saturated heterocycles. The predicted octanol–water partition coefficient (Wildman–Crippen LogP) is 1.98. The molecule has 0 aliphatic heterocycles. The molecule has 1 heterocycles. The lowest BCUT2D eigenvalue weighted by Gasteiger charge is -2.06. The topological polar surface area (TPSA) is 47.3 Å². The Balaban J connectivity index is 1.61. The number of rotatable bonds is 6. The zero-order valence-electron chi connectivity index (χ0n) is 9.23. The van der Waals surface area contributed by atoms with Crippen molar-refractivity contribution in [1.29, 1.82) is 0 Å². The van der Waals surface area contributed by atoms with Crippen LogP contribution in [0.5, 0.6) is 5.75 Å². The number of hydrogen-bond acceptors (Lipinski definition) is 4. The number of benzene rings is 1. The SMILES string of the molecule is Fc1ccc(OCCNCc2ccon2)cc1. The molecule has 90 valence electrons. The first-order valence-corrected chi connectivity index (χ1v) is 5.33. The van der Waals surface area contributed by atoms with Crippen LogP contribution in [0, 0.1) is 5.82 Å². The monoisotopic (exact) mass is 236 g/mol. The lowest BCUT2D eigenvalue weighted by Crippen LogP contribution is -2.20. The third kappa shape index (κ3) is 3.88. The maximum Gasteiger partial charge on any atom is 0.124 e. The van der Waals surface area contributed by atoms with Gasteiger partial charge in [0, 0.05) is 19.2 Å². The van der Waals surface area contributed by atoms with Crippen LogP contribution in [0.3, 0.4) is 0 Å². The van der Waals surface area contributed by atoms with Crippen molar-refractivity contribution in [2.45, 2.75) is 6.54 Å². The number of nitrogens with zero attached hydrogens (tertiary/aromatic N) is 1. The van der Waals surface area contributed by atoms with E-state index < -0.39 is 0 Å². The van der Waals surface area contributed by atoms with Gasteiger partial charge in [-0.1, -0.05) is 5.16 Å². The summed E-state index contributed by atoms with van der Waals surface area (Å²) < 4.78 is 22.7. The summed E-state index contributed by atoms with van der Waals surface area (Å²) >= 11 is 0. The van der Waals surface area contributed by atoms with Crippen molar-refractivity contribution in [2.24, 2.45) is 0 Å². The molecule has 1 aromatic heterocycles. The van der Waals surface area contributed by atoms with Crippen LogP contribution in [-0.2, 0) is 6.54 Å². The molecule has 1 aromatic carbocycles. The van der Waals surface area contributed by atoms with Gasteiger partial charge in [-0.05, 0) is 24.3 Å². The summed E-state index contributed by atoms with van der Waals surface area (Å²) in [5.74, 6) is 0.399. The Labute approximate surface area is 98.4 Å². The molecule has 1 N–H and O–H groups in total. The third-order valence-corrected chi connectivity index (χ3v) is 2.16. The summed E-state index contributed by atoms with van der Waals surface area (Å²) in [6.45, 7) is 1.84. The van der Waals surface area contributed by atoms with Gasteiger partial charge in [0.2, 0.25) is 0 Å². The molecule has 0 unspecified atom stereocenters. The molecule has 4 nitrogen and oxygen atoms in total. The molecule has 0 aliphatic carbocycles. The van der Waals surface area contributed by atoms with Crippen molar-refractivity contribution in [3.63, 3.8) is 0 Å². The maximum absolute atomic E-state index is 12.6. The second-order valence-electron chi connectivity index (χ2n) is 3.47.